The maximum atomic E-state index is 12.7. The van der Waals surface area contributed by atoms with E-state index in [9.17, 15) is 9.59 Å². The van der Waals surface area contributed by atoms with Gasteiger partial charge in [-0.05, 0) is 24.0 Å². The van der Waals surface area contributed by atoms with Gasteiger partial charge in [0.05, 0.1) is 10.9 Å². The van der Waals surface area contributed by atoms with E-state index < -0.39 is 12.1 Å². The van der Waals surface area contributed by atoms with Gasteiger partial charge in [-0.25, -0.2) is 0 Å². The average molecular weight is 329 g/mol. The highest BCUT2D eigenvalue weighted by Crippen LogP contribution is 2.27. The van der Waals surface area contributed by atoms with E-state index in [1.165, 1.54) is 11.3 Å². The van der Waals surface area contributed by atoms with Crippen molar-refractivity contribution in [2.24, 2.45) is 11.8 Å². The molecule has 2 heterocycles. The van der Waals surface area contributed by atoms with Crippen LogP contribution < -0.4 is 5.32 Å². The molecule has 1 aromatic rings. The van der Waals surface area contributed by atoms with Gasteiger partial charge in [-0.3, -0.25) is 9.59 Å². The van der Waals surface area contributed by atoms with Crippen molar-refractivity contribution in [2.45, 2.75) is 46.3 Å². The van der Waals surface area contributed by atoms with E-state index in [4.69, 9.17) is 11.6 Å². The number of nitrogens with one attached hydrogen (secondary N) is 1. The molecule has 0 spiro atoms. The van der Waals surface area contributed by atoms with Crippen molar-refractivity contribution in [3.8, 4) is 0 Å². The van der Waals surface area contributed by atoms with Gasteiger partial charge in [0, 0.05) is 4.88 Å². The maximum absolute atomic E-state index is 12.7. The first-order valence-electron chi connectivity index (χ1n) is 7.16. The van der Waals surface area contributed by atoms with E-state index in [0.29, 0.717) is 10.9 Å². The molecular formula is C15H21ClN2O2S. The zero-order valence-corrected chi connectivity index (χ0v) is 14.3. The molecule has 1 N–H and O–H groups in total. The minimum absolute atomic E-state index is 0.00665. The lowest BCUT2D eigenvalue weighted by molar-refractivity contribution is -0.153. The van der Waals surface area contributed by atoms with Crippen molar-refractivity contribution in [3.63, 3.8) is 0 Å². The molecule has 1 aromatic heterocycles. The third-order valence-electron chi connectivity index (χ3n) is 3.70. The number of rotatable bonds is 4. The number of carbonyl (C=O) groups excluding carboxylic acids is 2. The first-order valence-corrected chi connectivity index (χ1v) is 8.35. The van der Waals surface area contributed by atoms with Gasteiger partial charge in [-0.1, -0.05) is 39.3 Å². The highest BCUT2D eigenvalue weighted by molar-refractivity contribution is 7.16. The van der Waals surface area contributed by atoms with Crippen LogP contribution in [0.25, 0.3) is 0 Å². The fourth-order valence-corrected chi connectivity index (χ4v) is 3.74. The Morgan fingerprint density at radius 3 is 2.38 bits per heavy atom. The molecule has 2 unspecified atom stereocenters. The molecule has 2 atom stereocenters. The third kappa shape index (κ3) is 3.40. The predicted octanol–water partition coefficient (Wildman–Crippen LogP) is 2.91. The monoisotopic (exact) mass is 328 g/mol. The average Bonchev–Trinajstić information content (AvgIpc) is 2.78. The highest BCUT2D eigenvalue weighted by Gasteiger charge is 2.42. The summed E-state index contributed by atoms with van der Waals surface area (Å²) in [4.78, 5) is 27.8. The molecule has 1 fully saturated rings. The van der Waals surface area contributed by atoms with Crippen molar-refractivity contribution >= 4 is 34.8 Å². The minimum Gasteiger partial charge on any atom is -0.342 e. The number of hydrogen-bond donors (Lipinski definition) is 1. The molecular weight excluding hydrogens is 308 g/mol. The van der Waals surface area contributed by atoms with Gasteiger partial charge in [0.15, 0.2) is 0 Å². The van der Waals surface area contributed by atoms with Crippen LogP contribution in [0.15, 0.2) is 12.1 Å². The van der Waals surface area contributed by atoms with Gasteiger partial charge in [-0.2, -0.15) is 0 Å². The predicted molar refractivity (Wildman–Crippen MR) is 85.3 cm³/mol. The smallest absolute Gasteiger partial charge is 0.246 e. The van der Waals surface area contributed by atoms with Crippen LogP contribution >= 0.6 is 22.9 Å². The number of thiophene rings is 1. The molecule has 6 heteroatoms. The summed E-state index contributed by atoms with van der Waals surface area (Å²) in [6, 6.07) is 2.87. The molecule has 1 aliphatic heterocycles. The number of halogens is 1. The Kier molecular flexibility index (Phi) is 4.94. The topological polar surface area (TPSA) is 49.4 Å². The Balaban J connectivity index is 2.29. The number of hydrogen-bond acceptors (Lipinski definition) is 3. The van der Waals surface area contributed by atoms with Crippen molar-refractivity contribution < 1.29 is 9.59 Å². The lowest BCUT2D eigenvalue weighted by Gasteiger charge is -2.41. The van der Waals surface area contributed by atoms with E-state index in [2.05, 4.69) is 5.32 Å². The summed E-state index contributed by atoms with van der Waals surface area (Å²) in [6.07, 6.45) is 0. The van der Waals surface area contributed by atoms with Gasteiger partial charge in [-0.15, -0.1) is 11.3 Å². The molecule has 116 valence electrons. The molecule has 4 nitrogen and oxygen atoms in total. The van der Waals surface area contributed by atoms with Crippen LogP contribution in [0.2, 0.25) is 4.34 Å². The summed E-state index contributed by atoms with van der Waals surface area (Å²) in [7, 11) is 0. The van der Waals surface area contributed by atoms with Crippen LogP contribution in [0.1, 0.15) is 32.6 Å². The number of piperazine rings is 1. The van der Waals surface area contributed by atoms with E-state index >= 15 is 0 Å². The van der Waals surface area contributed by atoms with Crippen LogP contribution in [-0.4, -0.2) is 28.8 Å². The maximum Gasteiger partial charge on any atom is 0.246 e. The number of carbonyl (C=O) groups is 2. The summed E-state index contributed by atoms with van der Waals surface area (Å²) >= 11 is 7.40. The second kappa shape index (κ2) is 6.36. The zero-order valence-electron chi connectivity index (χ0n) is 12.7. The van der Waals surface area contributed by atoms with E-state index in [0.717, 1.165) is 4.88 Å². The van der Waals surface area contributed by atoms with Crippen molar-refractivity contribution in [1.82, 2.24) is 10.2 Å². The molecule has 0 aromatic carbocycles. The molecule has 0 bridgehead atoms. The van der Waals surface area contributed by atoms with Crippen LogP contribution in [0.3, 0.4) is 0 Å². The second-order valence-corrected chi connectivity index (χ2v) is 7.89. The molecule has 1 aliphatic rings. The van der Waals surface area contributed by atoms with E-state index in [-0.39, 0.29) is 23.7 Å². The summed E-state index contributed by atoms with van der Waals surface area (Å²) in [6.45, 7) is 8.25. The third-order valence-corrected chi connectivity index (χ3v) is 4.92. The first-order chi connectivity index (χ1) is 9.81. The largest absolute Gasteiger partial charge is 0.342 e. The lowest BCUT2D eigenvalue weighted by atomic mass is 9.93. The standard InChI is InChI=1S/C15H21ClN2O2S/c1-8(2)12-15(20)18(7-10-5-6-11(16)21-10)13(9(3)4)14(19)17-12/h5-6,8-9,12-13H,7H2,1-4H3,(H,17,19). The summed E-state index contributed by atoms with van der Waals surface area (Å²) < 4.78 is 0.695. The Morgan fingerprint density at radius 1 is 1.24 bits per heavy atom. The van der Waals surface area contributed by atoms with Crippen molar-refractivity contribution in [3.05, 3.63) is 21.3 Å². The normalized spacial score (nSPS) is 23.1. The molecule has 2 rings (SSSR count). The van der Waals surface area contributed by atoms with Gasteiger partial charge in [0.25, 0.3) is 0 Å². The summed E-state index contributed by atoms with van der Waals surface area (Å²) in [5.74, 6) is 0.0697. The van der Waals surface area contributed by atoms with Gasteiger partial charge in [0.2, 0.25) is 11.8 Å². The highest BCUT2D eigenvalue weighted by atomic mass is 35.5. The lowest BCUT2D eigenvalue weighted by Crippen LogP contribution is -2.65. The fourth-order valence-electron chi connectivity index (χ4n) is 2.65. The van der Waals surface area contributed by atoms with Gasteiger partial charge >= 0.3 is 0 Å². The second-order valence-electron chi connectivity index (χ2n) is 6.09. The van der Waals surface area contributed by atoms with Crippen LogP contribution in [0, 0.1) is 11.8 Å². The van der Waals surface area contributed by atoms with Crippen molar-refractivity contribution in [2.75, 3.05) is 0 Å². The Bertz CT molecular complexity index is 542. The Hall–Kier alpha value is -1.07. The van der Waals surface area contributed by atoms with E-state index in [1.807, 2.05) is 39.8 Å². The zero-order chi connectivity index (χ0) is 15.7. The minimum atomic E-state index is -0.442. The molecule has 0 radical (unpaired) electrons. The quantitative estimate of drug-likeness (QED) is 0.924. The SMILES string of the molecule is CC(C)C1NC(=O)C(C(C)C)N(Cc2ccc(Cl)s2)C1=O. The molecule has 0 saturated carbocycles. The molecule has 2 amide bonds. The van der Waals surface area contributed by atoms with Crippen LogP contribution in [0.5, 0.6) is 0 Å². The molecule has 21 heavy (non-hydrogen) atoms. The number of nitrogens with zero attached hydrogens (tertiary/aromatic N) is 1. The first kappa shape index (κ1) is 16.3. The van der Waals surface area contributed by atoms with Crippen LogP contribution in [-0.2, 0) is 16.1 Å². The van der Waals surface area contributed by atoms with Gasteiger partial charge in [0.1, 0.15) is 12.1 Å². The fraction of sp³-hybridized carbons (Fsp3) is 0.600. The van der Waals surface area contributed by atoms with Gasteiger partial charge < -0.3 is 10.2 Å². The molecule has 0 aliphatic carbocycles. The molecule has 1 saturated heterocycles. The number of amides is 2. The Morgan fingerprint density at radius 2 is 1.90 bits per heavy atom. The summed E-state index contributed by atoms with van der Waals surface area (Å²) in [5.41, 5.74) is 0. The van der Waals surface area contributed by atoms with Crippen molar-refractivity contribution in [1.29, 1.82) is 0 Å². The van der Waals surface area contributed by atoms with E-state index in [1.54, 1.807) is 4.90 Å². The Labute approximate surface area is 134 Å². The summed E-state index contributed by atoms with van der Waals surface area (Å²) in [5, 5.41) is 2.87. The van der Waals surface area contributed by atoms with Crippen LogP contribution in [0.4, 0.5) is 0 Å².